The monoisotopic (exact) mass is 208 g/mol. The van der Waals surface area contributed by atoms with E-state index in [0.29, 0.717) is 15.7 Å². The predicted octanol–water partition coefficient (Wildman–Crippen LogP) is 0.482. The van der Waals surface area contributed by atoms with Crippen molar-refractivity contribution in [2.45, 2.75) is 0 Å². The van der Waals surface area contributed by atoms with Gasteiger partial charge in [0.05, 0.1) is 0 Å². The average Bonchev–Trinajstić information content (AvgIpc) is 1.88. The maximum atomic E-state index is 8.31. The third-order valence-corrected chi connectivity index (χ3v) is 1.56. The van der Waals surface area contributed by atoms with Crippen LogP contribution in [0.5, 0.6) is 0 Å². The lowest BCUT2D eigenvalue weighted by Gasteiger charge is -1.84. The van der Waals surface area contributed by atoms with Crippen molar-refractivity contribution < 1.29 is 12.4 Å². The minimum absolute atomic E-state index is 0. The van der Waals surface area contributed by atoms with E-state index in [1.807, 2.05) is 0 Å². The third-order valence-electron chi connectivity index (χ3n) is 1.02. The second-order valence-corrected chi connectivity index (χ2v) is 2.54. The Balaban J connectivity index is 0.000001000. The second kappa shape index (κ2) is 4.40. The molecule has 0 saturated heterocycles. The van der Waals surface area contributed by atoms with Gasteiger partial charge in [0.1, 0.15) is 5.02 Å². The minimum atomic E-state index is 0. The first-order valence-electron chi connectivity index (χ1n) is 2.54. The summed E-state index contributed by atoms with van der Waals surface area (Å²) < 4.78 is 0. The van der Waals surface area contributed by atoms with E-state index < -0.39 is 0 Å². The summed E-state index contributed by atoms with van der Waals surface area (Å²) >= 11 is 11.2. The minimum Gasteiger partial charge on any atom is -1.00 e. The summed E-state index contributed by atoms with van der Waals surface area (Å²) in [5, 5.41) is 9.17. The molecule has 0 saturated carbocycles. The number of benzene rings is 1. The van der Waals surface area contributed by atoms with Gasteiger partial charge in [-0.05, 0) is 12.1 Å². The molecular weight excluding hydrogens is 206 g/mol. The molecule has 1 aromatic carbocycles. The maximum Gasteiger partial charge on any atom is 0.403 e. The summed E-state index contributed by atoms with van der Waals surface area (Å²) in [7, 11) is 0. The number of hydrogen-bond donors (Lipinski definition) is 0. The molecule has 0 N–H and O–H groups in total. The first kappa shape index (κ1) is 10.5. The van der Waals surface area contributed by atoms with Crippen LogP contribution in [0.15, 0.2) is 18.2 Å². The molecule has 0 aliphatic heterocycles. The largest absolute Gasteiger partial charge is 1.00 e. The summed E-state index contributed by atoms with van der Waals surface area (Å²) in [6, 6.07) is 4.64. The highest BCUT2D eigenvalue weighted by molar-refractivity contribution is 6.36. The van der Waals surface area contributed by atoms with Gasteiger partial charge in [-0.1, -0.05) is 23.2 Å². The first-order chi connectivity index (χ1) is 4.74. The van der Waals surface area contributed by atoms with E-state index in [0.717, 1.165) is 0 Å². The molecule has 0 aromatic heterocycles. The topological polar surface area (TPSA) is 28.1 Å². The molecule has 0 heterocycles. The summed E-state index contributed by atoms with van der Waals surface area (Å²) in [6.07, 6.45) is 0. The molecule has 1 aromatic rings. The highest BCUT2D eigenvalue weighted by Crippen LogP contribution is 2.27. The zero-order chi connectivity index (χ0) is 7.56. The van der Waals surface area contributed by atoms with Gasteiger partial charge in [-0.25, -0.2) is 0 Å². The molecule has 2 nitrogen and oxygen atoms in total. The van der Waals surface area contributed by atoms with E-state index in [1.165, 1.54) is 12.1 Å². The lowest BCUT2D eigenvalue weighted by atomic mass is 10.3. The maximum absolute atomic E-state index is 8.31. The van der Waals surface area contributed by atoms with Crippen molar-refractivity contribution in [2.24, 2.45) is 0 Å². The molecule has 0 aliphatic rings. The Bertz CT molecular complexity index is 292. The highest BCUT2D eigenvalue weighted by Gasteiger charge is 2.10. The van der Waals surface area contributed by atoms with Gasteiger partial charge >= 0.3 is 5.69 Å². The van der Waals surface area contributed by atoms with Crippen LogP contribution in [0.25, 0.3) is 4.98 Å². The zero-order valence-corrected chi connectivity index (χ0v) is 7.53. The molecule has 11 heavy (non-hydrogen) atoms. The number of rotatable bonds is 0. The highest BCUT2D eigenvalue weighted by atomic mass is 35.5. The number of halogens is 3. The van der Waals surface area contributed by atoms with Gasteiger partial charge < -0.3 is 12.4 Å². The Kier molecular flexibility index (Phi) is 4.20. The molecule has 0 unspecified atom stereocenters. The fourth-order valence-corrected chi connectivity index (χ4v) is 1.01. The van der Waals surface area contributed by atoms with Gasteiger partial charge in [-0.3, -0.25) is 0 Å². The summed E-state index contributed by atoms with van der Waals surface area (Å²) in [6.45, 7) is 0. The van der Waals surface area contributed by atoms with E-state index >= 15 is 0 Å². The van der Waals surface area contributed by atoms with Crippen molar-refractivity contribution in [1.29, 1.82) is 5.39 Å². The van der Waals surface area contributed by atoms with Crippen LogP contribution >= 0.6 is 23.2 Å². The molecule has 0 aliphatic carbocycles. The van der Waals surface area contributed by atoms with E-state index in [2.05, 4.69) is 4.98 Å². The Morgan fingerprint density at radius 1 is 1.27 bits per heavy atom. The van der Waals surface area contributed by atoms with E-state index in [9.17, 15) is 0 Å². The van der Waals surface area contributed by atoms with Gasteiger partial charge in [0.15, 0.2) is 4.98 Å². The number of diazo groups is 1. The van der Waals surface area contributed by atoms with Crippen molar-refractivity contribution in [3.8, 4) is 0 Å². The summed E-state index contributed by atoms with van der Waals surface area (Å²) in [5.41, 5.74) is 0.325. The molecular formula is C6H3Cl3N2. The van der Waals surface area contributed by atoms with Crippen LogP contribution in [0.3, 0.4) is 0 Å². The average molecular weight is 209 g/mol. The molecule has 5 heteroatoms. The van der Waals surface area contributed by atoms with Crippen molar-refractivity contribution in [1.82, 2.24) is 0 Å². The van der Waals surface area contributed by atoms with Crippen LogP contribution in [-0.2, 0) is 0 Å². The smallest absolute Gasteiger partial charge is 0.403 e. The molecule has 1 rings (SSSR count). The SMILES string of the molecule is N#[N+]c1ccc(Cl)cc1Cl.[Cl-]. The molecule has 0 fully saturated rings. The number of nitrogens with zero attached hydrogens (tertiary/aromatic N) is 2. The Morgan fingerprint density at radius 2 is 1.91 bits per heavy atom. The molecule has 0 bridgehead atoms. The molecule has 58 valence electrons. The van der Waals surface area contributed by atoms with E-state index in [1.54, 1.807) is 6.07 Å². The van der Waals surface area contributed by atoms with Crippen LogP contribution in [0.1, 0.15) is 0 Å². The Hall–Kier alpha value is -0.490. The number of hydrogen-bond acceptors (Lipinski definition) is 1. The molecule has 0 amide bonds. The lowest BCUT2D eigenvalue weighted by molar-refractivity contribution is -0.00000206. The van der Waals surface area contributed by atoms with Gasteiger partial charge in [0, 0.05) is 11.1 Å². The van der Waals surface area contributed by atoms with Gasteiger partial charge in [0.25, 0.3) is 0 Å². The zero-order valence-electron chi connectivity index (χ0n) is 5.26. The normalized spacial score (nSPS) is 8.09. The van der Waals surface area contributed by atoms with Crippen molar-refractivity contribution in [3.63, 3.8) is 0 Å². The Labute approximate surface area is 80.2 Å². The van der Waals surface area contributed by atoms with E-state index in [4.69, 9.17) is 28.6 Å². The third kappa shape index (κ3) is 2.55. The fourth-order valence-electron chi connectivity index (χ4n) is 0.562. The molecule has 0 spiro atoms. The van der Waals surface area contributed by atoms with Gasteiger partial charge in [-0.2, -0.15) is 0 Å². The molecule has 0 radical (unpaired) electrons. The first-order valence-corrected chi connectivity index (χ1v) is 3.30. The van der Waals surface area contributed by atoms with Crippen LogP contribution in [0.2, 0.25) is 10.0 Å². The fraction of sp³-hybridized carbons (Fsp3) is 0. The van der Waals surface area contributed by atoms with Crippen LogP contribution in [0.4, 0.5) is 5.69 Å². The Morgan fingerprint density at radius 3 is 2.36 bits per heavy atom. The molecule has 0 atom stereocenters. The van der Waals surface area contributed by atoms with Crippen molar-refractivity contribution in [2.75, 3.05) is 0 Å². The van der Waals surface area contributed by atoms with Crippen LogP contribution in [-0.4, -0.2) is 0 Å². The van der Waals surface area contributed by atoms with Crippen LogP contribution < -0.4 is 12.4 Å². The lowest BCUT2D eigenvalue weighted by Crippen LogP contribution is -3.00. The van der Waals surface area contributed by atoms with Gasteiger partial charge in [-0.15, -0.1) is 0 Å². The summed E-state index contributed by atoms with van der Waals surface area (Å²) in [5.74, 6) is 0. The van der Waals surface area contributed by atoms with Crippen molar-refractivity contribution >= 4 is 28.9 Å². The second-order valence-electron chi connectivity index (χ2n) is 1.70. The van der Waals surface area contributed by atoms with Gasteiger partial charge in [0.2, 0.25) is 5.39 Å². The van der Waals surface area contributed by atoms with Crippen molar-refractivity contribution in [3.05, 3.63) is 33.2 Å². The predicted molar refractivity (Wildman–Crippen MR) is 41.2 cm³/mol. The summed E-state index contributed by atoms with van der Waals surface area (Å²) in [4.78, 5) is 2.92. The quantitative estimate of drug-likeness (QED) is 0.571. The standard InChI is InChI=1S/C6H3Cl2N2.ClH/c7-4-1-2-6(10-9)5(8)3-4;/h1-3H;1H/q+1;/p-1. The van der Waals surface area contributed by atoms with Crippen LogP contribution in [0, 0.1) is 5.39 Å². The van der Waals surface area contributed by atoms with E-state index in [-0.39, 0.29) is 12.4 Å².